The van der Waals surface area contributed by atoms with Crippen LogP contribution >= 0.6 is 0 Å². The minimum atomic E-state index is 0.324. The summed E-state index contributed by atoms with van der Waals surface area (Å²) in [6.45, 7) is 3.89. The highest BCUT2D eigenvalue weighted by atomic mass is 16.2. The monoisotopic (exact) mass is 179 g/mol. The molecule has 1 aliphatic carbocycles. The molecule has 0 spiro atoms. The Morgan fingerprint density at radius 3 is 2.85 bits per heavy atom. The Morgan fingerprint density at radius 2 is 2.08 bits per heavy atom. The zero-order chi connectivity index (χ0) is 9.26. The first-order chi connectivity index (χ1) is 6.31. The van der Waals surface area contributed by atoms with Crippen molar-refractivity contribution in [2.75, 3.05) is 13.1 Å². The average Bonchev–Trinajstić information content (AvgIpc) is 2.82. The van der Waals surface area contributed by atoms with E-state index >= 15 is 0 Å². The van der Waals surface area contributed by atoms with E-state index in [2.05, 4.69) is 0 Å². The minimum absolute atomic E-state index is 0.324. The predicted octanol–water partition coefficient (Wildman–Crippen LogP) is 2.11. The molecule has 72 valence electrons. The van der Waals surface area contributed by atoms with Crippen molar-refractivity contribution in [1.82, 2.24) is 4.90 Å². The summed E-state index contributed by atoms with van der Waals surface area (Å²) in [6, 6.07) is 0. The van der Waals surface area contributed by atoms with Gasteiger partial charge in [-0.15, -0.1) is 0 Å². The molecule has 0 unspecified atom stereocenters. The molecule has 0 bridgehead atoms. The largest absolute Gasteiger partial charge is 0.342 e. The van der Waals surface area contributed by atoms with E-state index < -0.39 is 0 Å². The van der Waals surface area contributed by atoms with E-state index in [9.17, 15) is 4.79 Å². The molecule has 0 radical (unpaired) electrons. The predicted molar refractivity (Wildman–Crippen MR) is 52.4 cm³/mol. The first kappa shape index (κ1) is 8.79. The number of hydrogen-bond donors (Lipinski definition) is 0. The van der Waals surface area contributed by atoms with Crippen LogP contribution in [0.25, 0.3) is 0 Å². The fourth-order valence-corrected chi connectivity index (χ4v) is 2.08. The van der Waals surface area contributed by atoms with E-state index in [0.717, 1.165) is 19.5 Å². The number of allylic oxidation sites excluding steroid dienone is 1. The minimum Gasteiger partial charge on any atom is -0.342 e. The summed E-state index contributed by atoms with van der Waals surface area (Å²) in [5, 5.41) is 0. The lowest BCUT2D eigenvalue weighted by atomic mass is 10.2. The first-order valence-corrected chi connectivity index (χ1v) is 5.29. The summed E-state index contributed by atoms with van der Waals surface area (Å²) < 4.78 is 0. The maximum Gasteiger partial charge on any atom is 0.222 e. The fourth-order valence-electron chi connectivity index (χ4n) is 2.08. The van der Waals surface area contributed by atoms with Crippen LogP contribution in [0.4, 0.5) is 0 Å². The third-order valence-corrected chi connectivity index (χ3v) is 3.05. The Hall–Kier alpha value is -0.790. The summed E-state index contributed by atoms with van der Waals surface area (Å²) in [4.78, 5) is 13.5. The van der Waals surface area contributed by atoms with Crippen molar-refractivity contribution in [3.63, 3.8) is 0 Å². The van der Waals surface area contributed by atoms with Crippen molar-refractivity contribution in [3.8, 4) is 0 Å². The molecule has 0 atom stereocenters. The number of hydrogen-bond acceptors (Lipinski definition) is 1. The Kier molecular flexibility index (Phi) is 2.38. The Labute approximate surface area is 79.6 Å². The summed E-state index contributed by atoms with van der Waals surface area (Å²) in [5.74, 6) is 0.324. The summed E-state index contributed by atoms with van der Waals surface area (Å²) >= 11 is 0. The maximum atomic E-state index is 11.5. The SMILES string of the molecule is CCC(=O)N1CCCC2=C(CC1)C2. The van der Waals surface area contributed by atoms with Crippen LogP contribution in [0.5, 0.6) is 0 Å². The smallest absolute Gasteiger partial charge is 0.222 e. The van der Waals surface area contributed by atoms with Gasteiger partial charge in [0.15, 0.2) is 0 Å². The van der Waals surface area contributed by atoms with Gasteiger partial charge in [0.2, 0.25) is 5.91 Å². The third kappa shape index (κ3) is 1.93. The van der Waals surface area contributed by atoms with Crippen LogP contribution in [0.2, 0.25) is 0 Å². The lowest BCUT2D eigenvalue weighted by Crippen LogP contribution is -2.32. The molecule has 1 aliphatic heterocycles. The van der Waals surface area contributed by atoms with Gasteiger partial charge in [0.25, 0.3) is 0 Å². The van der Waals surface area contributed by atoms with Crippen molar-refractivity contribution in [3.05, 3.63) is 11.1 Å². The molecule has 2 heteroatoms. The summed E-state index contributed by atoms with van der Waals surface area (Å²) in [6.07, 6.45) is 5.48. The van der Waals surface area contributed by atoms with Gasteiger partial charge in [-0.3, -0.25) is 4.79 Å². The molecule has 2 aliphatic rings. The molecule has 0 aromatic rings. The topological polar surface area (TPSA) is 20.3 Å². The van der Waals surface area contributed by atoms with Crippen LogP contribution in [0, 0.1) is 0 Å². The van der Waals surface area contributed by atoms with Gasteiger partial charge in [-0.1, -0.05) is 18.1 Å². The molecule has 13 heavy (non-hydrogen) atoms. The highest BCUT2D eigenvalue weighted by Crippen LogP contribution is 2.38. The zero-order valence-corrected chi connectivity index (χ0v) is 8.31. The quantitative estimate of drug-likeness (QED) is 0.564. The van der Waals surface area contributed by atoms with E-state index in [4.69, 9.17) is 0 Å². The second kappa shape index (κ2) is 3.52. The fraction of sp³-hybridized carbons (Fsp3) is 0.727. The summed E-state index contributed by atoms with van der Waals surface area (Å²) in [5.41, 5.74) is 3.32. The van der Waals surface area contributed by atoms with Crippen LogP contribution < -0.4 is 0 Å². The van der Waals surface area contributed by atoms with Crippen molar-refractivity contribution >= 4 is 5.91 Å². The molecule has 2 rings (SSSR count). The molecule has 0 N–H and O–H groups in total. The lowest BCUT2D eigenvalue weighted by Gasteiger charge is -2.22. The molecule has 0 fully saturated rings. The van der Waals surface area contributed by atoms with Gasteiger partial charge in [0, 0.05) is 19.5 Å². The van der Waals surface area contributed by atoms with Crippen LogP contribution in [0.1, 0.15) is 39.0 Å². The number of amides is 1. The van der Waals surface area contributed by atoms with E-state index in [0.29, 0.717) is 12.3 Å². The Balaban J connectivity index is 1.92. The molecule has 0 saturated heterocycles. The number of nitrogens with zero attached hydrogens (tertiary/aromatic N) is 1. The summed E-state index contributed by atoms with van der Waals surface area (Å²) in [7, 11) is 0. The van der Waals surface area contributed by atoms with Gasteiger partial charge >= 0.3 is 0 Å². The van der Waals surface area contributed by atoms with E-state index in [1.54, 1.807) is 11.1 Å². The van der Waals surface area contributed by atoms with Gasteiger partial charge in [-0.05, 0) is 25.7 Å². The van der Waals surface area contributed by atoms with E-state index in [1.165, 1.54) is 19.3 Å². The van der Waals surface area contributed by atoms with Crippen LogP contribution in [-0.4, -0.2) is 23.9 Å². The van der Waals surface area contributed by atoms with Crippen molar-refractivity contribution in [2.45, 2.75) is 39.0 Å². The van der Waals surface area contributed by atoms with Crippen LogP contribution in [0.3, 0.4) is 0 Å². The van der Waals surface area contributed by atoms with Crippen molar-refractivity contribution < 1.29 is 4.79 Å². The first-order valence-electron chi connectivity index (χ1n) is 5.29. The normalized spacial score (nSPS) is 22.1. The number of rotatable bonds is 1. The van der Waals surface area contributed by atoms with E-state index in [-0.39, 0.29) is 0 Å². The van der Waals surface area contributed by atoms with Gasteiger partial charge < -0.3 is 4.90 Å². The van der Waals surface area contributed by atoms with Crippen LogP contribution in [-0.2, 0) is 4.79 Å². The van der Waals surface area contributed by atoms with Gasteiger partial charge in [0.05, 0.1) is 0 Å². The standard InChI is InChI=1S/C11H17NO/c1-2-11(13)12-6-3-4-9-8-10(9)5-7-12/h2-8H2,1H3. The van der Waals surface area contributed by atoms with Crippen LogP contribution in [0.15, 0.2) is 11.1 Å². The zero-order valence-electron chi connectivity index (χ0n) is 8.31. The lowest BCUT2D eigenvalue weighted by molar-refractivity contribution is -0.130. The third-order valence-electron chi connectivity index (χ3n) is 3.05. The maximum absolute atomic E-state index is 11.5. The highest BCUT2D eigenvalue weighted by molar-refractivity contribution is 5.75. The van der Waals surface area contributed by atoms with Crippen molar-refractivity contribution in [1.29, 1.82) is 0 Å². The molecule has 0 aromatic heterocycles. The molecule has 2 nitrogen and oxygen atoms in total. The van der Waals surface area contributed by atoms with E-state index in [1.807, 2.05) is 11.8 Å². The molecular formula is C11H17NO. The second-order valence-electron chi connectivity index (χ2n) is 3.97. The molecule has 0 saturated carbocycles. The average molecular weight is 179 g/mol. The number of carbonyl (C=O) groups excluding carboxylic acids is 1. The molecular weight excluding hydrogens is 162 g/mol. The number of carbonyl (C=O) groups is 1. The molecule has 1 heterocycles. The van der Waals surface area contributed by atoms with Gasteiger partial charge in [-0.2, -0.15) is 0 Å². The van der Waals surface area contributed by atoms with Gasteiger partial charge in [0.1, 0.15) is 0 Å². The van der Waals surface area contributed by atoms with Crippen molar-refractivity contribution in [2.24, 2.45) is 0 Å². The Morgan fingerprint density at radius 1 is 1.31 bits per heavy atom. The molecule has 0 aromatic carbocycles. The highest BCUT2D eigenvalue weighted by Gasteiger charge is 2.24. The second-order valence-corrected chi connectivity index (χ2v) is 3.97. The molecule has 1 amide bonds. The Bertz CT molecular complexity index is 255. The van der Waals surface area contributed by atoms with Gasteiger partial charge in [-0.25, -0.2) is 0 Å².